The molecule has 3 N–H and O–H groups in total. The molecule has 2 bridgehead atoms. The van der Waals surface area contributed by atoms with Crippen molar-refractivity contribution in [1.29, 1.82) is 0 Å². The molecule has 6 rings (SSSR count). The van der Waals surface area contributed by atoms with Crippen LogP contribution in [0.2, 0.25) is 0 Å². The number of halogens is 1. The number of anilines is 1. The van der Waals surface area contributed by atoms with Crippen molar-refractivity contribution in [1.82, 2.24) is 15.2 Å². The van der Waals surface area contributed by atoms with E-state index in [9.17, 15) is 19.1 Å². The number of pyridine rings is 1. The monoisotopic (exact) mass is 480 g/mol. The zero-order chi connectivity index (χ0) is 24.8. The Kier molecular flexibility index (Phi) is 5.82. The third-order valence-electron chi connectivity index (χ3n) is 8.17. The van der Waals surface area contributed by atoms with Crippen LogP contribution in [0.4, 0.5) is 14.9 Å². The largest absolute Gasteiger partial charge is 0.389 e. The van der Waals surface area contributed by atoms with Gasteiger partial charge >= 0.3 is 6.03 Å². The van der Waals surface area contributed by atoms with Crippen LogP contribution in [0.1, 0.15) is 69.2 Å². The lowest BCUT2D eigenvalue weighted by molar-refractivity contribution is -0.138. The summed E-state index contributed by atoms with van der Waals surface area (Å²) in [6.45, 7) is 4.38. The molecule has 186 valence electrons. The van der Waals surface area contributed by atoms with Gasteiger partial charge in [0.2, 0.25) is 5.91 Å². The molecule has 0 atom stereocenters. The Morgan fingerprint density at radius 2 is 1.74 bits per heavy atom. The number of nitrogens with one attached hydrogen (secondary N) is 2. The van der Waals surface area contributed by atoms with Crippen molar-refractivity contribution in [2.45, 2.75) is 76.5 Å². The summed E-state index contributed by atoms with van der Waals surface area (Å²) in [5, 5.41) is 15.9. The molecule has 2 aromatic rings. The van der Waals surface area contributed by atoms with Gasteiger partial charge in [-0.25, -0.2) is 9.18 Å². The Hall–Kier alpha value is -3.00. The first-order chi connectivity index (χ1) is 16.6. The fourth-order valence-electron chi connectivity index (χ4n) is 5.93. The fourth-order valence-corrected chi connectivity index (χ4v) is 5.93. The molecule has 0 saturated heterocycles. The van der Waals surface area contributed by atoms with Gasteiger partial charge in [-0.15, -0.1) is 0 Å². The van der Waals surface area contributed by atoms with E-state index < -0.39 is 11.4 Å². The number of carbonyl (C=O) groups excluding carboxylic acids is 2. The van der Waals surface area contributed by atoms with Crippen LogP contribution < -0.4 is 10.6 Å². The number of hydrogen-bond donors (Lipinski definition) is 3. The van der Waals surface area contributed by atoms with E-state index in [4.69, 9.17) is 0 Å². The van der Waals surface area contributed by atoms with Gasteiger partial charge in [0.05, 0.1) is 24.0 Å². The highest BCUT2D eigenvalue weighted by Gasteiger charge is 2.52. The van der Waals surface area contributed by atoms with Crippen LogP contribution in [0.5, 0.6) is 0 Å². The van der Waals surface area contributed by atoms with E-state index in [1.807, 2.05) is 12.1 Å². The average Bonchev–Trinajstić information content (AvgIpc) is 3.27. The second-order valence-corrected chi connectivity index (χ2v) is 11.2. The molecule has 3 saturated carbocycles. The molecule has 0 radical (unpaired) electrons. The Morgan fingerprint density at radius 3 is 2.37 bits per heavy atom. The second kappa shape index (κ2) is 8.59. The van der Waals surface area contributed by atoms with Crippen molar-refractivity contribution in [2.24, 2.45) is 5.41 Å². The lowest BCUT2D eigenvalue weighted by atomic mass is 9.51. The molecule has 7 nitrogen and oxygen atoms in total. The Morgan fingerprint density at radius 1 is 1.09 bits per heavy atom. The second-order valence-electron chi connectivity index (χ2n) is 11.2. The first-order valence-corrected chi connectivity index (χ1v) is 12.4. The molecule has 35 heavy (non-hydrogen) atoms. The molecule has 3 amide bonds. The van der Waals surface area contributed by atoms with Gasteiger partial charge < -0.3 is 20.6 Å². The van der Waals surface area contributed by atoms with Gasteiger partial charge in [0.1, 0.15) is 5.82 Å². The number of urea groups is 1. The Balaban J connectivity index is 1.19. The van der Waals surface area contributed by atoms with Crippen molar-refractivity contribution in [3.05, 3.63) is 59.2 Å². The average molecular weight is 481 g/mol. The number of aromatic nitrogens is 1. The van der Waals surface area contributed by atoms with E-state index in [2.05, 4.69) is 27.8 Å². The number of carbonyl (C=O) groups is 2. The predicted molar refractivity (Wildman–Crippen MR) is 130 cm³/mol. The summed E-state index contributed by atoms with van der Waals surface area (Å²) >= 11 is 0. The highest BCUT2D eigenvalue weighted by Crippen LogP contribution is 2.57. The summed E-state index contributed by atoms with van der Waals surface area (Å²) in [7, 11) is 0. The summed E-state index contributed by atoms with van der Waals surface area (Å²) in [6.07, 6.45) is 6.63. The Bertz CT molecular complexity index is 1120. The van der Waals surface area contributed by atoms with Crippen LogP contribution in [0, 0.1) is 11.2 Å². The van der Waals surface area contributed by atoms with E-state index in [0.29, 0.717) is 13.1 Å². The minimum atomic E-state index is -0.913. The maximum atomic E-state index is 13.4. The SMILES string of the molecule is CC(C)(O)CNC(=O)C12CCC(c3ccc(NC(=O)N4Cc5cc(F)cnc5C4)cc3)(CC1)CC2. The van der Waals surface area contributed by atoms with Gasteiger partial charge in [0.25, 0.3) is 0 Å². The van der Waals surface area contributed by atoms with Gasteiger partial charge in [-0.3, -0.25) is 9.78 Å². The molecule has 1 aromatic carbocycles. The minimum Gasteiger partial charge on any atom is -0.389 e. The number of amides is 3. The first-order valence-electron chi connectivity index (χ1n) is 12.4. The van der Waals surface area contributed by atoms with Crippen molar-refractivity contribution in [3.8, 4) is 0 Å². The van der Waals surface area contributed by atoms with Crippen LogP contribution >= 0.6 is 0 Å². The van der Waals surface area contributed by atoms with E-state index in [1.165, 1.54) is 17.8 Å². The van der Waals surface area contributed by atoms with Crippen LogP contribution in [0.25, 0.3) is 0 Å². The normalized spacial score (nSPS) is 25.3. The van der Waals surface area contributed by atoms with Crippen molar-refractivity contribution in [2.75, 3.05) is 11.9 Å². The molecule has 1 aromatic heterocycles. The lowest BCUT2D eigenvalue weighted by Gasteiger charge is -2.53. The van der Waals surface area contributed by atoms with Gasteiger partial charge in [-0.2, -0.15) is 0 Å². The van der Waals surface area contributed by atoms with E-state index in [0.717, 1.165) is 55.5 Å². The van der Waals surface area contributed by atoms with Crippen LogP contribution in [-0.4, -0.2) is 39.1 Å². The standard InChI is InChI=1S/C27H33FN4O3/c1-25(2,35)17-30-23(33)27-10-7-26(8-11-27,9-12-27)19-3-5-21(6-4-19)31-24(34)32-15-18-13-20(28)14-29-22(18)16-32/h3-6,13-14,35H,7-12,15-17H2,1-2H3,(H,30,33)(H,31,34). The molecule has 0 spiro atoms. The lowest BCUT2D eigenvalue weighted by Crippen LogP contribution is -2.53. The molecule has 8 heteroatoms. The third-order valence-corrected chi connectivity index (χ3v) is 8.17. The van der Waals surface area contributed by atoms with Crippen molar-refractivity contribution < 1.29 is 19.1 Å². The number of nitrogens with zero attached hydrogens (tertiary/aromatic N) is 2. The molecular weight excluding hydrogens is 447 g/mol. The minimum absolute atomic E-state index is 0.0765. The van der Waals surface area contributed by atoms with Crippen LogP contribution in [0.3, 0.4) is 0 Å². The molecule has 2 heterocycles. The van der Waals surface area contributed by atoms with Gasteiger partial charge in [-0.1, -0.05) is 12.1 Å². The number of rotatable bonds is 5. The van der Waals surface area contributed by atoms with Gasteiger partial charge in [0, 0.05) is 24.2 Å². The predicted octanol–water partition coefficient (Wildman–Crippen LogP) is 4.25. The van der Waals surface area contributed by atoms with E-state index in [-0.39, 0.29) is 29.3 Å². The summed E-state index contributed by atoms with van der Waals surface area (Å²) < 4.78 is 13.4. The summed E-state index contributed by atoms with van der Waals surface area (Å²) in [5.74, 6) is -0.314. The van der Waals surface area contributed by atoms with Gasteiger partial charge in [-0.05, 0) is 87.1 Å². The van der Waals surface area contributed by atoms with E-state index in [1.54, 1.807) is 18.7 Å². The first kappa shape index (κ1) is 23.7. The van der Waals surface area contributed by atoms with Crippen molar-refractivity contribution in [3.63, 3.8) is 0 Å². The van der Waals surface area contributed by atoms with Crippen LogP contribution in [-0.2, 0) is 23.3 Å². The quantitative estimate of drug-likeness (QED) is 0.596. The summed E-state index contributed by atoms with van der Waals surface area (Å²) in [6, 6.07) is 9.27. The van der Waals surface area contributed by atoms with Crippen LogP contribution in [0.15, 0.2) is 36.5 Å². The Labute approximate surface area is 205 Å². The molecular formula is C27H33FN4O3. The number of hydrogen-bond acceptors (Lipinski definition) is 4. The molecule has 3 fully saturated rings. The number of aliphatic hydroxyl groups is 1. The van der Waals surface area contributed by atoms with Crippen molar-refractivity contribution >= 4 is 17.6 Å². The number of fused-ring (bicyclic) bond motifs is 4. The highest BCUT2D eigenvalue weighted by molar-refractivity contribution is 5.89. The topological polar surface area (TPSA) is 94.6 Å². The molecule has 3 aliphatic carbocycles. The van der Waals surface area contributed by atoms with Gasteiger partial charge in [0.15, 0.2) is 0 Å². The van der Waals surface area contributed by atoms with E-state index >= 15 is 0 Å². The zero-order valence-corrected chi connectivity index (χ0v) is 20.4. The maximum Gasteiger partial charge on any atom is 0.322 e. The fraction of sp³-hybridized carbons (Fsp3) is 0.519. The smallest absolute Gasteiger partial charge is 0.322 e. The summed E-state index contributed by atoms with van der Waals surface area (Å²) in [5.41, 5.74) is 2.30. The molecule has 0 unspecified atom stereocenters. The molecule has 1 aliphatic heterocycles. The number of benzene rings is 1. The maximum absolute atomic E-state index is 13.4. The third kappa shape index (κ3) is 4.63. The highest BCUT2D eigenvalue weighted by atomic mass is 19.1. The molecule has 4 aliphatic rings. The zero-order valence-electron chi connectivity index (χ0n) is 20.4. The summed E-state index contributed by atoms with van der Waals surface area (Å²) in [4.78, 5) is 31.4.